The first kappa shape index (κ1) is 17.0. The average Bonchev–Trinajstić information content (AvgIpc) is 2.57. The number of hydrogen-bond acceptors (Lipinski definition) is 3. The molecule has 0 aliphatic carbocycles. The molecule has 0 spiro atoms. The standard InChI is InChI=1S/C20H25N3/c1-6-22-23-19(18-10-8-7-9-15(18)2)16-11-13-17(14-12-16)20(3,4)21-5/h6-14,21-22H,1H2,2-5H3/b23-19-. The van der Waals surface area contributed by atoms with E-state index in [0.29, 0.717) is 0 Å². The van der Waals surface area contributed by atoms with Gasteiger partial charge in [0.2, 0.25) is 0 Å². The second kappa shape index (κ2) is 7.25. The van der Waals surface area contributed by atoms with E-state index < -0.39 is 0 Å². The molecule has 0 bridgehead atoms. The minimum Gasteiger partial charge on any atom is -0.311 e. The molecule has 0 amide bonds. The van der Waals surface area contributed by atoms with Gasteiger partial charge in [0.25, 0.3) is 0 Å². The Morgan fingerprint density at radius 2 is 1.74 bits per heavy atom. The molecule has 3 nitrogen and oxygen atoms in total. The van der Waals surface area contributed by atoms with Crippen molar-refractivity contribution in [2.75, 3.05) is 7.05 Å². The zero-order valence-corrected chi connectivity index (χ0v) is 14.4. The quantitative estimate of drug-likeness (QED) is 0.626. The molecular weight excluding hydrogens is 282 g/mol. The SMILES string of the molecule is C=CN/N=C(/c1ccc(C(C)(C)NC)cc1)c1ccccc1C. The molecule has 2 rings (SSSR count). The van der Waals surface area contributed by atoms with Crippen molar-refractivity contribution in [3.05, 3.63) is 83.6 Å². The van der Waals surface area contributed by atoms with E-state index in [1.54, 1.807) is 6.20 Å². The van der Waals surface area contributed by atoms with Gasteiger partial charge in [-0.05, 0) is 38.9 Å². The molecule has 3 heteroatoms. The fraction of sp³-hybridized carbons (Fsp3) is 0.250. The van der Waals surface area contributed by atoms with Crippen molar-refractivity contribution < 1.29 is 0 Å². The predicted molar refractivity (Wildman–Crippen MR) is 98.7 cm³/mol. The summed E-state index contributed by atoms with van der Waals surface area (Å²) < 4.78 is 0. The van der Waals surface area contributed by atoms with E-state index in [-0.39, 0.29) is 5.54 Å². The van der Waals surface area contributed by atoms with Crippen LogP contribution >= 0.6 is 0 Å². The highest BCUT2D eigenvalue weighted by atomic mass is 15.3. The summed E-state index contributed by atoms with van der Waals surface area (Å²) in [4.78, 5) is 0. The van der Waals surface area contributed by atoms with Gasteiger partial charge in [0, 0.05) is 22.9 Å². The van der Waals surface area contributed by atoms with Crippen LogP contribution in [0.25, 0.3) is 0 Å². The molecular formula is C20H25N3. The molecule has 2 aromatic rings. The second-order valence-electron chi connectivity index (χ2n) is 6.06. The van der Waals surface area contributed by atoms with Crippen LogP contribution in [0.3, 0.4) is 0 Å². The fourth-order valence-electron chi connectivity index (χ4n) is 2.42. The Balaban J connectivity index is 2.46. The number of nitrogens with zero attached hydrogens (tertiary/aromatic N) is 1. The zero-order valence-electron chi connectivity index (χ0n) is 14.4. The van der Waals surface area contributed by atoms with Crippen molar-refractivity contribution >= 4 is 5.71 Å². The molecule has 0 aliphatic rings. The van der Waals surface area contributed by atoms with Crippen LogP contribution in [0.15, 0.2) is 66.4 Å². The van der Waals surface area contributed by atoms with Gasteiger partial charge in [0.1, 0.15) is 0 Å². The van der Waals surface area contributed by atoms with E-state index in [2.05, 4.69) is 79.6 Å². The van der Waals surface area contributed by atoms with Gasteiger partial charge in [-0.15, -0.1) is 0 Å². The molecule has 0 radical (unpaired) electrons. The van der Waals surface area contributed by atoms with Gasteiger partial charge in [-0.1, -0.05) is 55.1 Å². The Labute approximate surface area is 139 Å². The van der Waals surface area contributed by atoms with Crippen molar-refractivity contribution in [1.29, 1.82) is 0 Å². The summed E-state index contributed by atoms with van der Waals surface area (Å²) in [6.07, 6.45) is 1.58. The Morgan fingerprint density at radius 3 is 2.30 bits per heavy atom. The van der Waals surface area contributed by atoms with E-state index in [4.69, 9.17) is 0 Å². The number of aryl methyl sites for hydroxylation is 1. The van der Waals surface area contributed by atoms with E-state index in [1.807, 2.05) is 19.2 Å². The summed E-state index contributed by atoms with van der Waals surface area (Å²) in [5.41, 5.74) is 8.34. The van der Waals surface area contributed by atoms with E-state index in [0.717, 1.165) is 16.8 Å². The largest absolute Gasteiger partial charge is 0.311 e. The minimum absolute atomic E-state index is 0.0577. The van der Waals surface area contributed by atoms with Gasteiger partial charge in [-0.3, -0.25) is 5.43 Å². The first-order chi connectivity index (χ1) is 11.0. The fourth-order valence-corrected chi connectivity index (χ4v) is 2.42. The molecule has 0 saturated heterocycles. The van der Waals surface area contributed by atoms with Crippen LogP contribution in [0.5, 0.6) is 0 Å². The molecule has 0 aromatic heterocycles. The van der Waals surface area contributed by atoms with Gasteiger partial charge in [0.15, 0.2) is 0 Å². The lowest BCUT2D eigenvalue weighted by atomic mass is 9.91. The highest BCUT2D eigenvalue weighted by molar-refractivity contribution is 6.13. The Morgan fingerprint density at radius 1 is 1.09 bits per heavy atom. The van der Waals surface area contributed by atoms with E-state index in [1.165, 1.54) is 11.1 Å². The summed E-state index contributed by atoms with van der Waals surface area (Å²) in [6, 6.07) is 16.8. The molecule has 0 heterocycles. The molecule has 2 aromatic carbocycles. The molecule has 23 heavy (non-hydrogen) atoms. The highest BCUT2D eigenvalue weighted by Gasteiger charge is 2.18. The van der Waals surface area contributed by atoms with Crippen molar-refractivity contribution in [2.45, 2.75) is 26.3 Å². The zero-order chi connectivity index (χ0) is 16.9. The van der Waals surface area contributed by atoms with Crippen LogP contribution < -0.4 is 10.7 Å². The molecule has 0 aliphatic heterocycles. The molecule has 0 atom stereocenters. The summed E-state index contributed by atoms with van der Waals surface area (Å²) in [7, 11) is 1.97. The van der Waals surface area contributed by atoms with Crippen LogP contribution in [0.2, 0.25) is 0 Å². The predicted octanol–water partition coefficient (Wildman–Crippen LogP) is 3.94. The van der Waals surface area contributed by atoms with E-state index >= 15 is 0 Å². The summed E-state index contributed by atoms with van der Waals surface area (Å²) in [5.74, 6) is 0. The lowest BCUT2D eigenvalue weighted by Crippen LogP contribution is -2.33. The smallest absolute Gasteiger partial charge is 0.0980 e. The third-order valence-electron chi connectivity index (χ3n) is 4.17. The highest BCUT2D eigenvalue weighted by Crippen LogP contribution is 2.21. The molecule has 2 N–H and O–H groups in total. The number of hydrogen-bond donors (Lipinski definition) is 2. The minimum atomic E-state index is -0.0577. The maximum Gasteiger partial charge on any atom is 0.0980 e. The number of nitrogens with one attached hydrogen (secondary N) is 2. The molecule has 0 fully saturated rings. The lowest BCUT2D eigenvalue weighted by molar-refractivity contribution is 0.444. The summed E-state index contributed by atoms with van der Waals surface area (Å²) in [5, 5.41) is 7.81. The maximum absolute atomic E-state index is 4.49. The monoisotopic (exact) mass is 307 g/mol. The Hall–Kier alpha value is -2.39. The van der Waals surface area contributed by atoms with Crippen LogP contribution in [0.4, 0.5) is 0 Å². The van der Waals surface area contributed by atoms with E-state index in [9.17, 15) is 0 Å². The van der Waals surface area contributed by atoms with Crippen LogP contribution in [-0.4, -0.2) is 12.8 Å². The first-order valence-corrected chi connectivity index (χ1v) is 7.79. The van der Waals surface area contributed by atoms with Gasteiger partial charge in [0.05, 0.1) is 5.71 Å². The summed E-state index contributed by atoms with van der Waals surface area (Å²) >= 11 is 0. The van der Waals surface area contributed by atoms with Crippen LogP contribution in [-0.2, 0) is 5.54 Å². The molecule has 0 unspecified atom stereocenters. The van der Waals surface area contributed by atoms with Crippen molar-refractivity contribution in [3.8, 4) is 0 Å². The molecule has 120 valence electrons. The Kier molecular flexibility index (Phi) is 5.35. The van der Waals surface area contributed by atoms with Gasteiger partial charge >= 0.3 is 0 Å². The lowest BCUT2D eigenvalue weighted by Gasteiger charge is -2.25. The third kappa shape index (κ3) is 3.88. The normalized spacial score (nSPS) is 12.1. The number of rotatable bonds is 6. The molecule has 0 saturated carbocycles. The number of benzene rings is 2. The van der Waals surface area contributed by atoms with Crippen molar-refractivity contribution in [3.63, 3.8) is 0 Å². The van der Waals surface area contributed by atoms with Crippen LogP contribution in [0, 0.1) is 6.92 Å². The first-order valence-electron chi connectivity index (χ1n) is 7.79. The maximum atomic E-state index is 4.49. The van der Waals surface area contributed by atoms with Gasteiger partial charge in [-0.25, -0.2) is 0 Å². The third-order valence-corrected chi connectivity index (χ3v) is 4.17. The summed E-state index contributed by atoms with van der Waals surface area (Å²) in [6.45, 7) is 10.1. The van der Waals surface area contributed by atoms with Gasteiger partial charge < -0.3 is 5.32 Å². The second-order valence-corrected chi connectivity index (χ2v) is 6.06. The number of hydrazone groups is 1. The Bertz CT molecular complexity index is 697. The average molecular weight is 307 g/mol. The van der Waals surface area contributed by atoms with Crippen molar-refractivity contribution in [1.82, 2.24) is 10.7 Å². The van der Waals surface area contributed by atoms with Gasteiger partial charge in [-0.2, -0.15) is 5.10 Å². The van der Waals surface area contributed by atoms with Crippen molar-refractivity contribution in [2.24, 2.45) is 5.10 Å². The van der Waals surface area contributed by atoms with Crippen LogP contribution in [0.1, 0.15) is 36.1 Å². The topological polar surface area (TPSA) is 36.4 Å².